The molecule has 0 amide bonds. The Bertz CT molecular complexity index is 420. The van der Waals surface area contributed by atoms with Crippen molar-refractivity contribution in [2.75, 3.05) is 34.6 Å². The van der Waals surface area contributed by atoms with Crippen LogP contribution in [0.2, 0.25) is 19.6 Å². The van der Waals surface area contributed by atoms with Gasteiger partial charge >= 0.3 is 11.9 Å². The molecule has 0 spiro atoms. The van der Waals surface area contributed by atoms with Crippen LogP contribution in [-0.2, 0) is 27.8 Å². The molecule has 9 heteroatoms. The summed E-state index contributed by atoms with van der Waals surface area (Å²) >= 11 is 0. The van der Waals surface area contributed by atoms with E-state index in [1.54, 1.807) is 19.0 Å². The highest BCUT2D eigenvalue weighted by Gasteiger charge is 2.45. The van der Waals surface area contributed by atoms with Crippen molar-refractivity contribution in [3.63, 3.8) is 0 Å². The van der Waals surface area contributed by atoms with Crippen LogP contribution >= 0.6 is 7.37 Å². The van der Waals surface area contributed by atoms with Crippen LogP contribution in [0.4, 0.5) is 0 Å². The minimum atomic E-state index is -3.43. The van der Waals surface area contributed by atoms with Crippen molar-refractivity contribution in [3.8, 4) is 0 Å². The molecule has 0 aliphatic heterocycles. The Labute approximate surface area is 127 Å². The van der Waals surface area contributed by atoms with E-state index in [2.05, 4.69) is 4.74 Å². The molecule has 0 N–H and O–H groups in total. The maximum absolute atomic E-state index is 13.3. The molecule has 0 aliphatic carbocycles. The Kier molecular flexibility index (Phi) is 7.81. The molecule has 21 heavy (non-hydrogen) atoms. The summed E-state index contributed by atoms with van der Waals surface area (Å²) in [7, 11) is 0.242. The first kappa shape index (κ1) is 20.3. The normalized spacial score (nSPS) is 16.2. The molecule has 0 bridgehead atoms. The number of carbonyl (C=O) groups excluding carboxylic acids is 2. The molecular formula is C12H26NO6PSi. The van der Waals surface area contributed by atoms with Gasteiger partial charge in [-0.2, -0.15) is 0 Å². The van der Waals surface area contributed by atoms with Crippen LogP contribution in [0.3, 0.4) is 0 Å². The molecule has 0 saturated heterocycles. The molecule has 0 aliphatic rings. The zero-order valence-electron chi connectivity index (χ0n) is 13.8. The standard InChI is InChI=1S/C12H26NO6PSi/c1-13(2)9-20(16,19-21(5,6)7)10(12(15)18-4)8-11(14)17-3/h10H,8-9H2,1-7H3. The van der Waals surface area contributed by atoms with Gasteiger partial charge in [-0.15, -0.1) is 0 Å². The zero-order valence-corrected chi connectivity index (χ0v) is 15.7. The molecule has 124 valence electrons. The fraction of sp³-hybridized carbons (Fsp3) is 0.833. The Morgan fingerprint density at radius 3 is 2.00 bits per heavy atom. The van der Waals surface area contributed by atoms with Gasteiger partial charge in [0.25, 0.3) is 0 Å². The summed E-state index contributed by atoms with van der Waals surface area (Å²) < 4.78 is 28.3. The van der Waals surface area contributed by atoms with Crippen LogP contribution in [0.15, 0.2) is 0 Å². The average Bonchev–Trinajstić information content (AvgIpc) is 2.30. The van der Waals surface area contributed by atoms with E-state index in [0.29, 0.717) is 0 Å². The van der Waals surface area contributed by atoms with Gasteiger partial charge in [0.05, 0.1) is 26.9 Å². The van der Waals surface area contributed by atoms with Gasteiger partial charge in [-0.1, -0.05) is 0 Å². The molecule has 0 rings (SSSR count). The summed E-state index contributed by atoms with van der Waals surface area (Å²) in [6.45, 7) is 5.63. The summed E-state index contributed by atoms with van der Waals surface area (Å²) in [6, 6.07) is 0. The molecule has 2 atom stereocenters. The maximum Gasteiger partial charge on any atom is 0.319 e. The number of rotatable bonds is 8. The zero-order chi connectivity index (χ0) is 16.8. The van der Waals surface area contributed by atoms with Gasteiger partial charge in [-0.25, -0.2) is 0 Å². The van der Waals surface area contributed by atoms with Crippen molar-refractivity contribution in [2.45, 2.75) is 31.7 Å². The smallest absolute Gasteiger partial charge is 0.319 e. The van der Waals surface area contributed by atoms with Crippen LogP contribution in [0.1, 0.15) is 6.42 Å². The van der Waals surface area contributed by atoms with Crippen LogP contribution in [0.5, 0.6) is 0 Å². The Morgan fingerprint density at radius 2 is 1.67 bits per heavy atom. The predicted molar refractivity (Wildman–Crippen MR) is 83.0 cm³/mol. The minimum Gasteiger partial charge on any atom is -0.469 e. The second kappa shape index (κ2) is 8.08. The van der Waals surface area contributed by atoms with Crippen LogP contribution in [0, 0.1) is 0 Å². The van der Waals surface area contributed by atoms with Gasteiger partial charge in [0.2, 0.25) is 7.37 Å². The third-order valence-corrected chi connectivity index (χ3v) is 8.17. The van der Waals surface area contributed by atoms with E-state index in [4.69, 9.17) is 8.95 Å². The van der Waals surface area contributed by atoms with Crippen molar-refractivity contribution in [3.05, 3.63) is 0 Å². The van der Waals surface area contributed by atoms with E-state index in [1.807, 2.05) is 19.6 Å². The molecule has 7 nitrogen and oxygen atoms in total. The number of hydrogen-bond donors (Lipinski definition) is 0. The minimum absolute atomic E-state index is 0.0635. The number of methoxy groups -OCH3 is 2. The monoisotopic (exact) mass is 339 g/mol. The topological polar surface area (TPSA) is 82.1 Å². The molecule has 2 unspecified atom stereocenters. The van der Waals surface area contributed by atoms with E-state index >= 15 is 0 Å². The molecule has 0 aromatic heterocycles. The molecule has 0 saturated carbocycles. The summed E-state index contributed by atoms with van der Waals surface area (Å²) in [5.74, 6) is -1.34. The van der Waals surface area contributed by atoms with E-state index in [9.17, 15) is 14.2 Å². The molecule has 0 aromatic rings. The summed E-state index contributed by atoms with van der Waals surface area (Å²) in [5, 5.41) is 0. The molecule has 0 aromatic carbocycles. The van der Waals surface area contributed by atoms with Crippen molar-refractivity contribution in [1.82, 2.24) is 4.90 Å². The molecule has 0 heterocycles. The summed E-state index contributed by atoms with van der Waals surface area (Å²) in [6.07, 6.45) is -0.257. The highest BCUT2D eigenvalue weighted by atomic mass is 31.2. The lowest BCUT2D eigenvalue weighted by molar-refractivity contribution is -0.147. The second-order valence-corrected chi connectivity index (χ2v) is 13.3. The third kappa shape index (κ3) is 7.22. The van der Waals surface area contributed by atoms with Gasteiger partial charge in [0.15, 0.2) is 8.32 Å². The lowest BCUT2D eigenvalue weighted by Gasteiger charge is -2.32. The lowest BCUT2D eigenvalue weighted by atomic mass is 10.3. The van der Waals surface area contributed by atoms with Crippen molar-refractivity contribution in [1.29, 1.82) is 0 Å². The van der Waals surface area contributed by atoms with E-state index in [0.717, 1.165) is 0 Å². The number of carbonyl (C=O) groups is 2. The van der Waals surface area contributed by atoms with Crippen LogP contribution < -0.4 is 0 Å². The Hall–Kier alpha value is -0.693. The van der Waals surface area contributed by atoms with Crippen LogP contribution in [-0.4, -0.2) is 65.4 Å². The fourth-order valence-corrected chi connectivity index (χ4v) is 8.10. The quantitative estimate of drug-likeness (QED) is 0.378. The van der Waals surface area contributed by atoms with Crippen molar-refractivity contribution >= 4 is 27.6 Å². The third-order valence-electron chi connectivity index (χ3n) is 2.44. The van der Waals surface area contributed by atoms with Gasteiger partial charge in [-0.3, -0.25) is 14.2 Å². The number of nitrogens with zero attached hydrogens (tertiary/aromatic N) is 1. The van der Waals surface area contributed by atoms with Gasteiger partial charge < -0.3 is 18.6 Å². The van der Waals surface area contributed by atoms with Gasteiger partial charge in [0.1, 0.15) is 5.66 Å². The summed E-state index contributed by atoms with van der Waals surface area (Å²) in [4.78, 5) is 25.2. The molecule has 0 fully saturated rings. The summed E-state index contributed by atoms with van der Waals surface area (Å²) in [5.41, 5.74) is -1.15. The lowest BCUT2D eigenvalue weighted by Crippen LogP contribution is -2.35. The largest absolute Gasteiger partial charge is 0.469 e. The van der Waals surface area contributed by atoms with Crippen LogP contribution in [0.25, 0.3) is 0 Å². The fourth-order valence-electron chi connectivity index (χ4n) is 1.81. The van der Waals surface area contributed by atoms with Crippen molar-refractivity contribution in [2.24, 2.45) is 0 Å². The van der Waals surface area contributed by atoms with Gasteiger partial charge in [0, 0.05) is 0 Å². The highest BCUT2D eigenvalue weighted by molar-refractivity contribution is 7.62. The molecular weight excluding hydrogens is 313 g/mol. The number of ether oxygens (including phenoxy) is 2. The maximum atomic E-state index is 13.3. The van der Waals surface area contributed by atoms with E-state index in [-0.39, 0.29) is 12.7 Å². The molecule has 0 radical (unpaired) electrons. The second-order valence-electron chi connectivity index (χ2n) is 5.97. The first-order valence-electron chi connectivity index (χ1n) is 6.54. The Morgan fingerprint density at radius 1 is 1.14 bits per heavy atom. The first-order valence-corrected chi connectivity index (χ1v) is 11.8. The van der Waals surface area contributed by atoms with Gasteiger partial charge in [-0.05, 0) is 33.7 Å². The SMILES string of the molecule is COC(=O)CC(C(=O)OC)P(=O)(CN(C)C)O[Si](C)(C)C. The predicted octanol–water partition coefficient (Wildman–Crippen LogP) is 1.74. The van der Waals surface area contributed by atoms with E-state index < -0.39 is 33.3 Å². The van der Waals surface area contributed by atoms with Crippen molar-refractivity contribution < 1.29 is 27.8 Å². The number of esters is 2. The number of hydrogen-bond acceptors (Lipinski definition) is 7. The first-order chi connectivity index (χ1) is 9.45. The Balaban J connectivity index is 5.60. The average molecular weight is 339 g/mol. The highest BCUT2D eigenvalue weighted by Crippen LogP contribution is 2.55. The van der Waals surface area contributed by atoms with E-state index in [1.165, 1.54) is 14.2 Å².